The third kappa shape index (κ3) is 4.00. The van der Waals surface area contributed by atoms with Gasteiger partial charge >= 0.3 is 0 Å². The van der Waals surface area contributed by atoms with E-state index in [0.717, 1.165) is 18.5 Å². The maximum Gasteiger partial charge on any atom is 0.0332 e. The minimum absolute atomic E-state index is 0.311. The fraction of sp³-hybridized carbons (Fsp3) is 1.00. The van der Waals surface area contributed by atoms with Crippen molar-refractivity contribution in [2.45, 2.75) is 77.3 Å². The van der Waals surface area contributed by atoms with Gasteiger partial charge in [-0.3, -0.25) is 9.80 Å². The van der Waals surface area contributed by atoms with Gasteiger partial charge in [0.05, 0.1) is 0 Å². The molecular weight excluding hydrogens is 258 g/mol. The Morgan fingerprint density at radius 1 is 1.10 bits per heavy atom. The molecular formula is C18H37N3. The Kier molecular flexibility index (Phi) is 6.51. The molecule has 0 aromatic carbocycles. The van der Waals surface area contributed by atoms with Gasteiger partial charge in [0.25, 0.3) is 0 Å². The molecule has 0 radical (unpaired) electrons. The Balaban J connectivity index is 1.95. The monoisotopic (exact) mass is 295 g/mol. The Bertz CT molecular complexity index is 299. The third-order valence-electron chi connectivity index (χ3n) is 6.43. The summed E-state index contributed by atoms with van der Waals surface area (Å²) in [4.78, 5) is 5.41. The van der Waals surface area contributed by atoms with Crippen molar-refractivity contribution in [3.63, 3.8) is 0 Å². The molecule has 1 saturated carbocycles. The van der Waals surface area contributed by atoms with E-state index in [9.17, 15) is 0 Å². The quantitative estimate of drug-likeness (QED) is 0.791. The normalized spacial score (nSPS) is 34.6. The molecule has 2 fully saturated rings. The molecule has 3 atom stereocenters. The number of hydrogen-bond acceptors (Lipinski definition) is 3. The lowest BCUT2D eigenvalue weighted by Gasteiger charge is -2.48. The molecule has 0 aromatic heterocycles. The third-order valence-corrected chi connectivity index (χ3v) is 6.43. The van der Waals surface area contributed by atoms with Crippen LogP contribution in [0.15, 0.2) is 0 Å². The first kappa shape index (κ1) is 17.2. The molecule has 3 unspecified atom stereocenters. The smallest absolute Gasteiger partial charge is 0.0332 e. The molecule has 1 heterocycles. The van der Waals surface area contributed by atoms with Gasteiger partial charge in [-0.05, 0) is 38.5 Å². The number of piperazine rings is 1. The molecule has 0 aromatic rings. The van der Waals surface area contributed by atoms with Crippen LogP contribution >= 0.6 is 0 Å². The molecule has 0 spiro atoms. The maximum atomic E-state index is 6.29. The summed E-state index contributed by atoms with van der Waals surface area (Å²) < 4.78 is 0. The minimum Gasteiger partial charge on any atom is -0.329 e. The minimum atomic E-state index is 0.311. The van der Waals surface area contributed by atoms with Gasteiger partial charge in [-0.25, -0.2) is 0 Å². The number of nitrogens with two attached hydrogens (primary N) is 1. The van der Waals surface area contributed by atoms with Gasteiger partial charge in [-0.2, -0.15) is 0 Å². The van der Waals surface area contributed by atoms with Crippen molar-refractivity contribution in [2.75, 3.05) is 32.7 Å². The summed E-state index contributed by atoms with van der Waals surface area (Å²) in [5.41, 5.74) is 6.60. The topological polar surface area (TPSA) is 32.5 Å². The standard InChI is InChI=1S/C18H37N3/c1-4-16(3)20-11-13-21(14-12-20)18(15-19)9-6-7-17(5-2)8-10-18/h16-17H,4-15,19H2,1-3H3. The maximum absolute atomic E-state index is 6.29. The summed E-state index contributed by atoms with van der Waals surface area (Å²) in [5.74, 6) is 0.944. The van der Waals surface area contributed by atoms with Crippen LogP contribution in [0.2, 0.25) is 0 Å². The fourth-order valence-corrected chi connectivity index (χ4v) is 4.41. The Hall–Kier alpha value is -0.120. The zero-order valence-electron chi connectivity index (χ0n) is 14.6. The second kappa shape index (κ2) is 7.94. The van der Waals surface area contributed by atoms with Crippen LogP contribution < -0.4 is 5.73 Å². The zero-order chi connectivity index (χ0) is 15.3. The van der Waals surface area contributed by atoms with E-state index in [1.807, 2.05) is 0 Å². The molecule has 2 aliphatic rings. The predicted octanol–water partition coefficient (Wildman–Crippen LogP) is 3.09. The second-order valence-electron chi connectivity index (χ2n) is 7.41. The van der Waals surface area contributed by atoms with Crippen LogP contribution in [-0.2, 0) is 0 Å². The lowest BCUT2D eigenvalue weighted by Crippen LogP contribution is -2.61. The molecule has 2 rings (SSSR count). The van der Waals surface area contributed by atoms with Crippen LogP contribution in [0.3, 0.4) is 0 Å². The van der Waals surface area contributed by atoms with E-state index in [0.29, 0.717) is 5.54 Å². The molecule has 1 aliphatic heterocycles. The van der Waals surface area contributed by atoms with E-state index in [1.54, 1.807) is 0 Å². The van der Waals surface area contributed by atoms with Crippen molar-refractivity contribution in [3.8, 4) is 0 Å². The van der Waals surface area contributed by atoms with Crippen molar-refractivity contribution in [2.24, 2.45) is 11.7 Å². The van der Waals surface area contributed by atoms with Crippen LogP contribution in [0.25, 0.3) is 0 Å². The van der Waals surface area contributed by atoms with Gasteiger partial charge < -0.3 is 5.73 Å². The Morgan fingerprint density at radius 3 is 2.38 bits per heavy atom. The first-order valence-corrected chi connectivity index (χ1v) is 9.34. The van der Waals surface area contributed by atoms with E-state index in [-0.39, 0.29) is 0 Å². The molecule has 1 saturated heterocycles. The van der Waals surface area contributed by atoms with Gasteiger partial charge in [0.15, 0.2) is 0 Å². The van der Waals surface area contributed by atoms with Crippen molar-refractivity contribution in [1.82, 2.24) is 9.80 Å². The molecule has 124 valence electrons. The number of rotatable bonds is 5. The van der Waals surface area contributed by atoms with E-state index in [1.165, 1.54) is 71.1 Å². The lowest BCUT2D eigenvalue weighted by atomic mass is 9.86. The average molecular weight is 296 g/mol. The van der Waals surface area contributed by atoms with Gasteiger partial charge in [0.2, 0.25) is 0 Å². The molecule has 2 N–H and O–H groups in total. The van der Waals surface area contributed by atoms with Gasteiger partial charge in [0, 0.05) is 44.3 Å². The second-order valence-corrected chi connectivity index (χ2v) is 7.41. The van der Waals surface area contributed by atoms with Gasteiger partial charge in [0.1, 0.15) is 0 Å². The van der Waals surface area contributed by atoms with E-state index in [2.05, 4.69) is 30.6 Å². The highest BCUT2D eigenvalue weighted by Crippen LogP contribution is 2.36. The van der Waals surface area contributed by atoms with Crippen molar-refractivity contribution >= 4 is 0 Å². The molecule has 0 amide bonds. The molecule has 21 heavy (non-hydrogen) atoms. The molecule has 1 aliphatic carbocycles. The van der Waals surface area contributed by atoms with Crippen molar-refractivity contribution in [1.29, 1.82) is 0 Å². The highest BCUT2D eigenvalue weighted by Gasteiger charge is 2.38. The predicted molar refractivity (Wildman–Crippen MR) is 91.6 cm³/mol. The first-order valence-electron chi connectivity index (χ1n) is 9.34. The molecule has 0 bridgehead atoms. The zero-order valence-corrected chi connectivity index (χ0v) is 14.6. The molecule has 3 nitrogen and oxygen atoms in total. The molecule has 3 heteroatoms. The fourth-order valence-electron chi connectivity index (χ4n) is 4.41. The lowest BCUT2D eigenvalue weighted by molar-refractivity contribution is 0.0138. The Labute approximate surface area is 132 Å². The summed E-state index contributed by atoms with van der Waals surface area (Å²) in [6, 6.07) is 0.736. The van der Waals surface area contributed by atoms with Crippen molar-refractivity contribution in [3.05, 3.63) is 0 Å². The van der Waals surface area contributed by atoms with Crippen LogP contribution in [0.1, 0.15) is 65.7 Å². The summed E-state index contributed by atoms with van der Waals surface area (Å²) >= 11 is 0. The summed E-state index contributed by atoms with van der Waals surface area (Å²) in [6.45, 7) is 12.8. The summed E-state index contributed by atoms with van der Waals surface area (Å²) in [5, 5.41) is 0. The van der Waals surface area contributed by atoms with E-state index < -0.39 is 0 Å². The number of hydrogen-bond donors (Lipinski definition) is 1. The van der Waals surface area contributed by atoms with Crippen LogP contribution in [0.5, 0.6) is 0 Å². The van der Waals surface area contributed by atoms with E-state index in [4.69, 9.17) is 5.73 Å². The van der Waals surface area contributed by atoms with Crippen LogP contribution in [-0.4, -0.2) is 54.1 Å². The summed E-state index contributed by atoms with van der Waals surface area (Å²) in [6.07, 6.45) is 9.45. The van der Waals surface area contributed by atoms with E-state index >= 15 is 0 Å². The van der Waals surface area contributed by atoms with Gasteiger partial charge in [-0.1, -0.05) is 33.1 Å². The SMILES string of the molecule is CCC1CCCC(CN)(N2CCN(C(C)CC)CC2)CC1. The largest absolute Gasteiger partial charge is 0.329 e. The first-order chi connectivity index (χ1) is 10.1. The Morgan fingerprint density at radius 2 is 1.81 bits per heavy atom. The number of nitrogens with zero attached hydrogens (tertiary/aromatic N) is 2. The van der Waals surface area contributed by atoms with Crippen LogP contribution in [0.4, 0.5) is 0 Å². The van der Waals surface area contributed by atoms with Crippen LogP contribution in [0, 0.1) is 5.92 Å². The average Bonchev–Trinajstić information content (AvgIpc) is 2.77. The highest BCUT2D eigenvalue weighted by atomic mass is 15.3. The highest BCUT2D eigenvalue weighted by molar-refractivity contribution is 4.96. The van der Waals surface area contributed by atoms with Gasteiger partial charge in [-0.15, -0.1) is 0 Å². The van der Waals surface area contributed by atoms with Crippen molar-refractivity contribution < 1.29 is 0 Å². The summed E-state index contributed by atoms with van der Waals surface area (Å²) in [7, 11) is 0.